The Bertz CT molecular complexity index is 103. The molecular weight excluding hydrogens is 158 g/mol. The van der Waals surface area contributed by atoms with Gasteiger partial charge in [-0.05, 0) is 13.8 Å². The van der Waals surface area contributed by atoms with Crippen molar-refractivity contribution >= 4 is 0 Å². The quantitative estimate of drug-likeness (QED) is 0.627. The van der Waals surface area contributed by atoms with Crippen molar-refractivity contribution in [3.8, 4) is 0 Å². The van der Waals surface area contributed by atoms with Crippen LogP contribution in [-0.4, -0.2) is 44.3 Å². The molecule has 0 bridgehead atoms. The largest absolute Gasteiger partial charge is 0.376 e. The van der Waals surface area contributed by atoms with Crippen molar-refractivity contribution in [2.45, 2.75) is 20.1 Å². The van der Waals surface area contributed by atoms with Crippen molar-refractivity contribution in [3.63, 3.8) is 0 Å². The highest BCUT2D eigenvalue weighted by Gasteiger charge is 2.23. The lowest BCUT2D eigenvalue weighted by Gasteiger charge is -2.33. The highest BCUT2D eigenvalue weighted by molar-refractivity contribution is 4.59. The molecule has 0 aromatic carbocycles. The molecule has 0 saturated carbocycles. The van der Waals surface area contributed by atoms with Crippen LogP contribution in [0.15, 0.2) is 0 Å². The second kappa shape index (κ2) is 5.48. The molecule has 1 heterocycles. The van der Waals surface area contributed by atoms with E-state index in [9.17, 15) is 0 Å². The zero-order valence-electron chi connectivity index (χ0n) is 7.78. The molecule has 1 unspecified atom stereocenters. The van der Waals surface area contributed by atoms with Gasteiger partial charge in [0.05, 0.1) is 26.4 Å². The first-order chi connectivity index (χ1) is 5.88. The molecule has 4 nitrogen and oxygen atoms in total. The zero-order valence-corrected chi connectivity index (χ0v) is 7.78. The van der Waals surface area contributed by atoms with E-state index in [1.165, 1.54) is 0 Å². The average molecular weight is 175 g/mol. The van der Waals surface area contributed by atoms with Crippen LogP contribution in [-0.2, 0) is 14.3 Å². The van der Waals surface area contributed by atoms with Crippen LogP contribution in [0.3, 0.4) is 0 Å². The van der Waals surface area contributed by atoms with Gasteiger partial charge in [-0.1, -0.05) is 0 Å². The van der Waals surface area contributed by atoms with Crippen molar-refractivity contribution < 1.29 is 14.3 Å². The van der Waals surface area contributed by atoms with E-state index >= 15 is 0 Å². The third-order valence-corrected chi connectivity index (χ3v) is 1.69. The van der Waals surface area contributed by atoms with Crippen LogP contribution in [0.1, 0.15) is 13.8 Å². The Morgan fingerprint density at radius 2 is 2.25 bits per heavy atom. The van der Waals surface area contributed by atoms with Gasteiger partial charge in [0.25, 0.3) is 0 Å². The minimum absolute atomic E-state index is 0.0244. The van der Waals surface area contributed by atoms with Crippen LogP contribution in [0, 0.1) is 0 Å². The van der Waals surface area contributed by atoms with Crippen molar-refractivity contribution in [1.29, 1.82) is 0 Å². The Morgan fingerprint density at radius 1 is 1.42 bits per heavy atom. The number of hydrogen-bond donors (Lipinski definition) is 0. The Balaban J connectivity index is 2.31. The van der Waals surface area contributed by atoms with Crippen LogP contribution in [0.2, 0.25) is 0 Å². The highest BCUT2D eigenvalue weighted by atomic mass is 16.7. The number of morpholine rings is 1. The van der Waals surface area contributed by atoms with Crippen LogP contribution < -0.4 is 0 Å². The summed E-state index contributed by atoms with van der Waals surface area (Å²) in [5.41, 5.74) is 0. The lowest BCUT2D eigenvalue weighted by Crippen LogP contribution is -2.46. The molecule has 0 amide bonds. The molecule has 72 valence electrons. The lowest BCUT2D eigenvalue weighted by molar-refractivity contribution is -0.286. The van der Waals surface area contributed by atoms with E-state index < -0.39 is 0 Å². The van der Waals surface area contributed by atoms with Crippen molar-refractivity contribution in [2.75, 3.05) is 33.0 Å². The van der Waals surface area contributed by atoms with Gasteiger partial charge in [-0.2, -0.15) is 5.06 Å². The predicted molar refractivity (Wildman–Crippen MR) is 44.6 cm³/mol. The maximum atomic E-state index is 5.42. The fourth-order valence-electron chi connectivity index (χ4n) is 1.20. The summed E-state index contributed by atoms with van der Waals surface area (Å²) < 4.78 is 10.7. The second-order valence-electron chi connectivity index (χ2n) is 2.54. The van der Waals surface area contributed by atoms with E-state index in [1.807, 2.05) is 18.9 Å². The molecule has 0 radical (unpaired) electrons. The summed E-state index contributed by atoms with van der Waals surface area (Å²) >= 11 is 0. The number of nitrogens with zero attached hydrogens (tertiary/aromatic N) is 1. The number of ether oxygens (including phenoxy) is 2. The third-order valence-electron chi connectivity index (χ3n) is 1.69. The van der Waals surface area contributed by atoms with Gasteiger partial charge in [0.2, 0.25) is 0 Å². The van der Waals surface area contributed by atoms with E-state index in [4.69, 9.17) is 14.3 Å². The molecule has 0 aromatic rings. The number of hydroxylamine groups is 2. The van der Waals surface area contributed by atoms with E-state index in [-0.39, 0.29) is 6.23 Å². The molecule has 0 N–H and O–H groups in total. The summed E-state index contributed by atoms with van der Waals surface area (Å²) in [5, 5.41) is 1.85. The van der Waals surface area contributed by atoms with Crippen LogP contribution in [0.25, 0.3) is 0 Å². The smallest absolute Gasteiger partial charge is 0.156 e. The third kappa shape index (κ3) is 2.71. The fraction of sp³-hybridized carbons (Fsp3) is 1.00. The van der Waals surface area contributed by atoms with Crippen molar-refractivity contribution in [2.24, 2.45) is 0 Å². The van der Waals surface area contributed by atoms with Crippen LogP contribution in [0.5, 0.6) is 0 Å². The van der Waals surface area contributed by atoms with Gasteiger partial charge in [0.1, 0.15) is 0 Å². The summed E-state index contributed by atoms with van der Waals surface area (Å²) in [4.78, 5) is 5.38. The van der Waals surface area contributed by atoms with Crippen molar-refractivity contribution in [1.82, 2.24) is 5.06 Å². The minimum atomic E-state index is -0.0244. The average Bonchev–Trinajstić information content (AvgIpc) is 2.09. The van der Waals surface area contributed by atoms with E-state index in [0.717, 1.165) is 13.2 Å². The molecule has 4 heteroatoms. The Hall–Kier alpha value is -0.160. The van der Waals surface area contributed by atoms with E-state index in [2.05, 4.69) is 0 Å². The summed E-state index contributed by atoms with van der Waals surface area (Å²) in [6.45, 7) is 7.44. The van der Waals surface area contributed by atoms with Gasteiger partial charge in [0.15, 0.2) is 6.23 Å². The number of hydrogen-bond acceptors (Lipinski definition) is 4. The molecule has 12 heavy (non-hydrogen) atoms. The summed E-state index contributed by atoms with van der Waals surface area (Å²) in [6, 6.07) is 0. The van der Waals surface area contributed by atoms with Crippen LogP contribution >= 0.6 is 0 Å². The minimum Gasteiger partial charge on any atom is -0.376 e. The van der Waals surface area contributed by atoms with E-state index in [1.54, 1.807) is 0 Å². The SMILES string of the molecule is CCOC1COCCN1OCC. The number of rotatable bonds is 4. The normalized spacial score (nSPS) is 26.0. The predicted octanol–water partition coefficient (Wildman–Crippen LogP) is 0.633. The van der Waals surface area contributed by atoms with Gasteiger partial charge in [-0.25, -0.2) is 0 Å². The van der Waals surface area contributed by atoms with Crippen LogP contribution in [0.4, 0.5) is 0 Å². The summed E-state index contributed by atoms with van der Waals surface area (Å²) in [6.07, 6.45) is -0.0244. The first kappa shape index (κ1) is 9.92. The topological polar surface area (TPSA) is 30.9 Å². The second-order valence-corrected chi connectivity index (χ2v) is 2.54. The molecule has 1 rings (SSSR count). The lowest BCUT2D eigenvalue weighted by atomic mass is 10.5. The molecular formula is C8H17NO3. The van der Waals surface area contributed by atoms with Crippen molar-refractivity contribution in [3.05, 3.63) is 0 Å². The zero-order chi connectivity index (χ0) is 8.81. The molecule has 1 aliphatic heterocycles. The Labute approximate surface area is 73.3 Å². The highest BCUT2D eigenvalue weighted by Crippen LogP contribution is 2.08. The summed E-state index contributed by atoms with van der Waals surface area (Å²) in [5.74, 6) is 0. The molecule has 1 fully saturated rings. The van der Waals surface area contributed by atoms with Gasteiger partial charge in [-0.3, -0.25) is 4.84 Å². The molecule has 1 aliphatic rings. The van der Waals surface area contributed by atoms with Gasteiger partial charge < -0.3 is 9.47 Å². The Kier molecular flexibility index (Phi) is 4.53. The standard InChI is InChI=1S/C8H17NO3/c1-3-11-8-7-10-6-5-9(8)12-4-2/h8H,3-7H2,1-2H3. The maximum Gasteiger partial charge on any atom is 0.156 e. The summed E-state index contributed by atoms with van der Waals surface area (Å²) in [7, 11) is 0. The molecule has 0 aliphatic carbocycles. The molecule has 0 aromatic heterocycles. The van der Waals surface area contributed by atoms with Gasteiger partial charge in [-0.15, -0.1) is 0 Å². The maximum absolute atomic E-state index is 5.42. The first-order valence-electron chi connectivity index (χ1n) is 4.47. The molecule has 1 atom stereocenters. The molecule has 0 spiro atoms. The fourth-order valence-corrected chi connectivity index (χ4v) is 1.20. The monoisotopic (exact) mass is 175 g/mol. The first-order valence-corrected chi connectivity index (χ1v) is 4.47. The molecule has 1 saturated heterocycles. The van der Waals surface area contributed by atoms with Gasteiger partial charge >= 0.3 is 0 Å². The van der Waals surface area contributed by atoms with E-state index in [0.29, 0.717) is 19.8 Å². The Morgan fingerprint density at radius 3 is 2.92 bits per heavy atom. The van der Waals surface area contributed by atoms with Gasteiger partial charge in [0, 0.05) is 6.61 Å².